The molecular weight excluding hydrogens is 495 g/mol. The molecule has 38 heavy (non-hydrogen) atoms. The van der Waals surface area contributed by atoms with Crippen molar-refractivity contribution in [3.8, 4) is 23.1 Å². The molecule has 5 rings (SSSR count). The molecule has 2 aromatic carbocycles. The average molecular weight is 521 g/mol. The molecule has 2 atom stereocenters. The van der Waals surface area contributed by atoms with Crippen LogP contribution in [-0.4, -0.2) is 54.3 Å². The Morgan fingerprint density at radius 3 is 2.89 bits per heavy atom. The number of hydrogen-bond donors (Lipinski definition) is 1. The minimum atomic E-state index is -0.751. The molecule has 11 heteroatoms. The van der Waals surface area contributed by atoms with Gasteiger partial charge in [0.05, 0.1) is 35.0 Å². The Labute approximate surface area is 217 Å². The highest BCUT2D eigenvalue weighted by atomic mass is 19.1. The fourth-order valence-corrected chi connectivity index (χ4v) is 4.57. The summed E-state index contributed by atoms with van der Waals surface area (Å²) in [6.07, 6.45) is 1.92. The highest BCUT2D eigenvalue weighted by molar-refractivity contribution is 5.95. The van der Waals surface area contributed by atoms with Gasteiger partial charge in [-0.1, -0.05) is 12.1 Å². The first-order chi connectivity index (χ1) is 18.4. The van der Waals surface area contributed by atoms with Crippen LogP contribution < -0.4 is 10.1 Å². The number of carbonyl (C=O) groups is 2. The van der Waals surface area contributed by atoms with Crippen LogP contribution in [0, 0.1) is 17.1 Å². The SMILES string of the molecule is COCc1ncc(-c2cc(F)c(C(=O)NCc3ccc(C#N)cc3)cc2O[C@H]2CCN3C(=O)OC[C@@H]3C2)o1. The lowest BCUT2D eigenvalue weighted by molar-refractivity contribution is 0.0914. The van der Waals surface area contributed by atoms with Gasteiger partial charge in [0.15, 0.2) is 5.76 Å². The predicted molar refractivity (Wildman–Crippen MR) is 130 cm³/mol. The maximum Gasteiger partial charge on any atom is 0.410 e. The van der Waals surface area contributed by atoms with E-state index in [2.05, 4.69) is 10.3 Å². The van der Waals surface area contributed by atoms with E-state index in [1.54, 1.807) is 29.2 Å². The van der Waals surface area contributed by atoms with Crippen molar-refractivity contribution < 1.29 is 32.6 Å². The molecule has 1 N–H and O–H groups in total. The normalized spacial score (nSPS) is 18.4. The number of halogens is 1. The average Bonchev–Trinajstić information content (AvgIpc) is 3.55. The zero-order valence-electron chi connectivity index (χ0n) is 20.6. The third kappa shape index (κ3) is 5.31. The van der Waals surface area contributed by atoms with Crippen LogP contribution >= 0.6 is 0 Å². The lowest BCUT2D eigenvalue weighted by Gasteiger charge is -2.33. The number of amides is 2. The molecule has 2 fully saturated rings. The Morgan fingerprint density at radius 1 is 1.32 bits per heavy atom. The smallest absolute Gasteiger partial charge is 0.410 e. The summed E-state index contributed by atoms with van der Waals surface area (Å²) < 4.78 is 37.5. The zero-order chi connectivity index (χ0) is 26.6. The van der Waals surface area contributed by atoms with Gasteiger partial charge in [0, 0.05) is 33.0 Å². The fraction of sp³-hybridized carbons (Fsp3) is 0.333. The minimum Gasteiger partial charge on any atom is -0.489 e. The van der Waals surface area contributed by atoms with E-state index in [0.29, 0.717) is 43.0 Å². The quantitative estimate of drug-likeness (QED) is 0.475. The van der Waals surface area contributed by atoms with Gasteiger partial charge < -0.3 is 28.8 Å². The van der Waals surface area contributed by atoms with E-state index < -0.39 is 11.7 Å². The van der Waals surface area contributed by atoms with E-state index >= 15 is 4.39 Å². The Balaban J connectivity index is 1.39. The molecule has 196 valence electrons. The van der Waals surface area contributed by atoms with Gasteiger partial charge in [-0.2, -0.15) is 5.26 Å². The number of fused-ring (bicyclic) bond motifs is 1. The van der Waals surface area contributed by atoms with Crippen molar-refractivity contribution in [3.05, 3.63) is 71.0 Å². The van der Waals surface area contributed by atoms with Crippen molar-refractivity contribution in [2.75, 3.05) is 20.3 Å². The number of methoxy groups -OCH3 is 1. The second-order valence-corrected chi connectivity index (χ2v) is 9.06. The van der Waals surface area contributed by atoms with Gasteiger partial charge in [-0.15, -0.1) is 0 Å². The molecule has 0 spiro atoms. The van der Waals surface area contributed by atoms with Gasteiger partial charge in [0.2, 0.25) is 5.89 Å². The second kappa shape index (κ2) is 10.9. The summed E-state index contributed by atoms with van der Waals surface area (Å²) >= 11 is 0. The molecule has 1 aromatic heterocycles. The number of oxazole rings is 1. The number of nitrogens with zero attached hydrogens (tertiary/aromatic N) is 3. The summed E-state index contributed by atoms with van der Waals surface area (Å²) in [5.41, 5.74) is 1.38. The largest absolute Gasteiger partial charge is 0.489 e. The molecule has 2 amide bonds. The highest BCUT2D eigenvalue weighted by Gasteiger charge is 2.39. The first kappa shape index (κ1) is 25.2. The molecular formula is C27H25FN4O6. The Morgan fingerprint density at radius 2 is 2.13 bits per heavy atom. The first-order valence-corrected chi connectivity index (χ1v) is 12.1. The molecule has 2 aliphatic rings. The number of nitrogens with one attached hydrogen (secondary N) is 1. The molecule has 0 saturated carbocycles. The maximum atomic E-state index is 15.2. The van der Waals surface area contributed by atoms with Crippen LogP contribution in [0.3, 0.4) is 0 Å². The monoisotopic (exact) mass is 520 g/mol. The van der Waals surface area contributed by atoms with Crippen LogP contribution in [0.5, 0.6) is 5.75 Å². The van der Waals surface area contributed by atoms with Crippen LogP contribution in [0.2, 0.25) is 0 Å². The number of ether oxygens (including phenoxy) is 3. The fourth-order valence-electron chi connectivity index (χ4n) is 4.57. The van der Waals surface area contributed by atoms with Crippen molar-refractivity contribution in [3.63, 3.8) is 0 Å². The van der Waals surface area contributed by atoms with Gasteiger partial charge in [-0.3, -0.25) is 4.79 Å². The molecule has 3 heterocycles. The van der Waals surface area contributed by atoms with Gasteiger partial charge in [-0.05, 0) is 29.8 Å². The van der Waals surface area contributed by atoms with E-state index in [1.807, 2.05) is 6.07 Å². The third-order valence-electron chi connectivity index (χ3n) is 6.53. The van der Waals surface area contributed by atoms with Gasteiger partial charge >= 0.3 is 6.09 Å². The van der Waals surface area contributed by atoms with Gasteiger partial charge in [-0.25, -0.2) is 14.2 Å². The van der Waals surface area contributed by atoms with Gasteiger partial charge in [0.25, 0.3) is 5.91 Å². The predicted octanol–water partition coefficient (Wildman–Crippen LogP) is 3.79. The van der Waals surface area contributed by atoms with Crippen molar-refractivity contribution in [2.24, 2.45) is 0 Å². The molecule has 3 aromatic rings. The standard InChI is InChI=1S/C27H25FN4O6/c1-35-15-25-30-13-24(38-25)21-9-22(28)20(26(33)31-12-17-4-2-16(11-29)3-5-17)10-23(21)37-19-6-7-32-18(8-19)14-36-27(32)34/h2-5,9-10,13,18-19H,6-8,12,14-15H2,1H3,(H,31,33)/t18-,19-/m0/s1. The van der Waals surface area contributed by atoms with Crippen LogP contribution in [0.4, 0.5) is 9.18 Å². The van der Waals surface area contributed by atoms with Crippen LogP contribution in [0.15, 0.2) is 47.0 Å². The topological polar surface area (TPSA) is 127 Å². The molecule has 2 aliphatic heterocycles. The van der Waals surface area contributed by atoms with Crippen molar-refractivity contribution >= 4 is 12.0 Å². The highest BCUT2D eigenvalue weighted by Crippen LogP contribution is 2.36. The van der Waals surface area contributed by atoms with E-state index in [-0.39, 0.29) is 48.5 Å². The third-order valence-corrected chi connectivity index (χ3v) is 6.53. The summed E-state index contributed by atoms with van der Waals surface area (Å²) in [6.45, 7) is 1.06. The lowest BCUT2D eigenvalue weighted by Crippen LogP contribution is -2.44. The van der Waals surface area contributed by atoms with Crippen molar-refractivity contribution in [2.45, 2.75) is 38.1 Å². The molecule has 10 nitrogen and oxygen atoms in total. The molecule has 0 bridgehead atoms. The molecule has 0 unspecified atom stereocenters. The molecule has 2 saturated heterocycles. The number of carbonyl (C=O) groups excluding carboxylic acids is 2. The number of cyclic esters (lactones) is 1. The van der Waals surface area contributed by atoms with E-state index in [0.717, 1.165) is 5.56 Å². The minimum absolute atomic E-state index is 0.0982. The van der Waals surface area contributed by atoms with Crippen molar-refractivity contribution in [1.82, 2.24) is 15.2 Å². The summed E-state index contributed by atoms with van der Waals surface area (Å²) in [6, 6.07) is 11.2. The number of benzene rings is 2. The van der Waals surface area contributed by atoms with Gasteiger partial charge in [0.1, 0.15) is 30.9 Å². The van der Waals surface area contributed by atoms with Crippen LogP contribution in [0.25, 0.3) is 11.3 Å². The summed E-state index contributed by atoms with van der Waals surface area (Å²) in [7, 11) is 1.51. The number of rotatable bonds is 8. The lowest BCUT2D eigenvalue weighted by atomic mass is 10.0. The number of piperidine rings is 1. The number of aromatic nitrogens is 1. The van der Waals surface area contributed by atoms with Crippen LogP contribution in [0.1, 0.15) is 40.2 Å². The van der Waals surface area contributed by atoms with Crippen LogP contribution in [-0.2, 0) is 22.6 Å². The Hall–Kier alpha value is -4.43. The maximum absolute atomic E-state index is 15.2. The Bertz CT molecular complexity index is 1380. The van der Waals surface area contributed by atoms with E-state index in [9.17, 15) is 9.59 Å². The molecule has 0 aliphatic carbocycles. The summed E-state index contributed by atoms with van der Waals surface area (Å²) in [5.74, 6) is -0.524. The Kier molecular flexibility index (Phi) is 7.24. The number of nitriles is 1. The van der Waals surface area contributed by atoms with E-state index in [4.69, 9.17) is 23.9 Å². The zero-order valence-corrected chi connectivity index (χ0v) is 20.6. The van der Waals surface area contributed by atoms with Crippen molar-refractivity contribution in [1.29, 1.82) is 5.26 Å². The molecule has 0 radical (unpaired) electrons. The second-order valence-electron chi connectivity index (χ2n) is 9.06. The van der Waals surface area contributed by atoms with E-state index in [1.165, 1.54) is 25.4 Å². The summed E-state index contributed by atoms with van der Waals surface area (Å²) in [4.78, 5) is 30.6. The number of hydrogen-bond acceptors (Lipinski definition) is 8. The first-order valence-electron chi connectivity index (χ1n) is 12.1. The summed E-state index contributed by atoms with van der Waals surface area (Å²) in [5, 5.41) is 11.7.